The highest BCUT2D eigenvalue weighted by molar-refractivity contribution is 9.10. The Kier molecular flexibility index (Phi) is 6.68. The second-order valence-corrected chi connectivity index (χ2v) is 5.79. The van der Waals surface area contributed by atoms with Gasteiger partial charge in [0, 0.05) is 22.6 Å². The van der Waals surface area contributed by atoms with E-state index < -0.39 is 0 Å². The molecule has 1 rings (SSSR count). The molecule has 0 aliphatic carbocycles. The van der Waals surface area contributed by atoms with Crippen LogP contribution in [-0.2, 0) is 6.54 Å². The number of hydrogen-bond acceptors (Lipinski definition) is 3. The Bertz CT molecular complexity index is 369. The van der Waals surface area contributed by atoms with E-state index in [1.54, 1.807) is 6.07 Å². The second kappa shape index (κ2) is 7.77. The maximum Gasteiger partial charge on any atom is 0.120 e. The van der Waals surface area contributed by atoms with Crippen LogP contribution in [0.25, 0.3) is 0 Å². The van der Waals surface area contributed by atoms with Gasteiger partial charge in [-0.15, -0.1) is 0 Å². The average Bonchev–Trinajstić information content (AvgIpc) is 2.32. The molecule has 0 spiro atoms. The van der Waals surface area contributed by atoms with Crippen molar-refractivity contribution in [3.8, 4) is 5.75 Å². The first-order chi connectivity index (χ1) is 8.50. The van der Waals surface area contributed by atoms with E-state index in [1.807, 2.05) is 12.1 Å². The molecule has 0 amide bonds. The summed E-state index contributed by atoms with van der Waals surface area (Å²) >= 11 is 3.41. The van der Waals surface area contributed by atoms with E-state index in [9.17, 15) is 5.11 Å². The van der Waals surface area contributed by atoms with E-state index in [2.05, 4.69) is 47.0 Å². The van der Waals surface area contributed by atoms with Gasteiger partial charge >= 0.3 is 0 Å². The van der Waals surface area contributed by atoms with E-state index in [-0.39, 0.29) is 0 Å². The van der Waals surface area contributed by atoms with Gasteiger partial charge in [-0.3, -0.25) is 0 Å². The summed E-state index contributed by atoms with van der Waals surface area (Å²) in [5.74, 6) is 0.352. The Balaban J connectivity index is 2.24. The van der Waals surface area contributed by atoms with Crippen LogP contribution in [0.15, 0.2) is 22.7 Å². The molecule has 1 aromatic carbocycles. The van der Waals surface area contributed by atoms with E-state index >= 15 is 0 Å². The van der Waals surface area contributed by atoms with Gasteiger partial charge in [-0.2, -0.15) is 0 Å². The number of nitrogens with zero attached hydrogens (tertiary/aromatic N) is 1. The van der Waals surface area contributed by atoms with Gasteiger partial charge in [0.25, 0.3) is 0 Å². The van der Waals surface area contributed by atoms with Gasteiger partial charge in [0.05, 0.1) is 0 Å². The Morgan fingerprint density at radius 2 is 2.11 bits per heavy atom. The summed E-state index contributed by atoms with van der Waals surface area (Å²) in [7, 11) is 2.14. The van der Waals surface area contributed by atoms with Gasteiger partial charge < -0.3 is 15.3 Å². The van der Waals surface area contributed by atoms with E-state index in [0.717, 1.165) is 29.5 Å². The van der Waals surface area contributed by atoms with Crippen LogP contribution in [0.5, 0.6) is 5.75 Å². The van der Waals surface area contributed by atoms with Crippen LogP contribution >= 0.6 is 15.9 Å². The minimum atomic E-state index is 0.352. The molecule has 0 bridgehead atoms. The first kappa shape index (κ1) is 15.5. The molecule has 0 aromatic heterocycles. The molecule has 18 heavy (non-hydrogen) atoms. The first-order valence-electron chi connectivity index (χ1n) is 6.39. The highest BCUT2D eigenvalue weighted by Crippen LogP contribution is 2.21. The van der Waals surface area contributed by atoms with Gasteiger partial charge in [-0.25, -0.2) is 0 Å². The largest absolute Gasteiger partial charge is 0.508 e. The molecule has 0 saturated heterocycles. The summed E-state index contributed by atoms with van der Waals surface area (Å²) < 4.78 is 0.997. The Morgan fingerprint density at radius 1 is 1.39 bits per heavy atom. The van der Waals surface area contributed by atoms with E-state index in [1.165, 1.54) is 0 Å². The molecule has 0 aliphatic heterocycles. The molecule has 2 N–H and O–H groups in total. The van der Waals surface area contributed by atoms with Gasteiger partial charge in [-0.1, -0.05) is 15.9 Å². The SMILES string of the molecule is CC(C)N(C)CCCNCc1cc(Br)ccc1O. The molecule has 0 atom stereocenters. The molecule has 0 fully saturated rings. The fourth-order valence-electron chi connectivity index (χ4n) is 1.63. The van der Waals surface area contributed by atoms with Gasteiger partial charge in [-0.05, 0) is 58.6 Å². The lowest BCUT2D eigenvalue weighted by molar-refractivity contribution is 0.269. The minimum absolute atomic E-state index is 0.352. The molecule has 102 valence electrons. The van der Waals surface area contributed by atoms with Crippen LogP contribution < -0.4 is 5.32 Å². The molecular weight excluding hydrogens is 292 g/mol. The molecule has 0 radical (unpaired) electrons. The number of benzene rings is 1. The van der Waals surface area contributed by atoms with E-state index in [0.29, 0.717) is 18.3 Å². The third-order valence-electron chi connectivity index (χ3n) is 3.10. The summed E-state index contributed by atoms with van der Waals surface area (Å²) in [6.45, 7) is 7.16. The average molecular weight is 315 g/mol. The quantitative estimate of drug-likeness (QED) is 0.759. The fourth-order valence-corrected chi connectivity index (χ4v) is 2.04. The molecule has 0 aliphatic rings. The van der Waals surface area contributed by atoms with Gasteiger partial charge in [0.1, 0.15) is 5.75 Å². The van der Waals surface area contributed by atoms with Crippen molar-refractivity contribution in [2.75, 3.05) is 20.1 Å². The van der Waals surface area contributed by atoms with Crippen LogP contribution in [0.2, 0.25) is 0 Å². The lowest BCUT2D eigenvalue weighted by atomic mass is 10.2. The first-order valence-corrected chi connectivity index (χ1v) is 7.18. The third-order valence-corrected chi connectivity index (χ3v) is 3.60. The zero-order valence-corrected chi connectivity index (χ0v) is 13.0. The number of phenolic OH excluding ortho intramolecular Hbond substituents is 1. The van der Waals surface area contributed by atoms with Crippen molar-refractivity contribution < 1.29 is 5.11 Å². The molecule has 1 aromatic rings. The zero-order chi connectivity index (χ0) is 13.5. The zero-order valence-electron chi connectivity index (χ0n) is 11.4. The van der Waals surface area contributed by atoms with Crippen LogP contribution in [-0.4, -0.2) is 36.2 Å². The lowest BCUT2D eigenvalue weighted by Gasteiger charge is -2.20. The number of nitrogens with one attached hydrogen (secondary N) is 1. The Hall–Kier alpha value is -0.580. The summed E-state index contributed by atoms with van der Waals surface area (Å²) in [6, 6.07) is 6.10. The smallest absolute Gasteiger partial charge is 0.120 e. The van der Waals surface area contributed by atoms with Crippen LogP contribution in [0.1, 0.15) is 25.8 Å². The fraction of sp³-hybridized carbons (Fsp3) is 0.571. The number of phenols is 1. The van der Waals surface area contributed by atoms with Gasteiger partial charge in [0.15, 0.2) is 0 Å². The molecular formula is C14H23BrN2O. The number of aromatic hydroxyl groups is 1. The van der Waals surface area contributed by atoms with Crippen molar-refractivity contribution in [3.05, 3.63) is 28.2 Å². The van der Waals surface area contributed by atoms with Crippen molar-refractivity contribution >= 4 is 15.9 Å². The van der Waals surface area contributed by atoms with Crippen LogP contribution in [0.4, 0.5) is 0 Å². The van der Waals surface area contributed by atoms with Crippen LogP contribution in [0, 0.1) is 0 Å². The molecule has 0 heterocycles. The molecule has 0 unspecified atom stereocenters. The topological polar surface area (TPSA) is 35.5 Å². The predicted molar refractivity (Wildman–Crippen MR) is 79.9 cm³/mol. The maximum absolute atomic E-state index is 9.68. The summed E-state index contributed by atoms with van der Waals surface area (Å²) in [5, 5.41) is 13.0. The maximum atomic E-state index is 9.68. The Morgan fingerprint density at radius 3 is 2.78 bits per heavy atom. The summed E-state index contributed by atoms with van der Waals surface area (Å²) in [4.78, 5) is 2.33. The summed E-state index contributed by atoms with van der Waals surface area (Å²) in [5.41, 5.74) is 0.932. The van der Waals surface area contributed by atoms with Crippen molar-refractivity contribution in [2.45, 2.75) is 32.9 Å². The normalized spacial score (nSPS) is 11.4. The number of halogens is 1. The summed E-state index contributed by atoms with van der Waals surface area (Å²) in [6.07, 6.45) is 1.11. The van der Waals surface area contributed by atoms with Crippen LogP contribution in [0.3, 0.4) is 0 Å². The van der Waals surface area contributed by atoms with Crippen molar-refractivity contribution in [1.82, 2.24) is 10.2 Å². The van der Waals surface area contributed by atoms with Crippen molar-refractivity contribution in [2.24, 2.45) is 0 Å². The molecule has 4 heteroatoms. The standard InChI is InChI=1S/C14H23BrN2O/c1-11(2)17(3)8-4-7-16-10-12-9-13(15)5-6-14(12)18/h5-6,9,11,16,18H,4,7-8,10H2,1-3H3. The Labute approximate surface area is 118 Å². The third kappa shape index (κ3) is 5.38. The monoisotopic (exact) mass is 314 g/mol. The highest BCUT2D eigenvalue weighted by Gasteiger charge is 2.03. The predicted octanol–water partition coefficient (Wildman–Crippen LogP) is 2.97. The lowest BCUT2D eigenvalue weighted by Crippen LogP contribution is -2.29. The van der Waals surface area contributed by atoms with Crippen molar-refractivity contribution in [1.29, 1.82) is 0 Å². The minimum Gasteiger partial charge on any atom is -0.508 e. The van der Waals surface area contributed by atoms with E-state index in [4.69, 9.17) is 0 Å². The van der Waals surface area contributed by atoms with Gasteiger partial charge in [0.2, 0.25) is 0 Å². The highest BCUT2D eigenvalue weighted by atomic mass is 79.9. The molecule has 0 saturated carbocycles. The second-order valence-electron chi connectivity index (χ2n) is 4.88. The molecule has 3 nitrogen and oxygen atoms in total. The number of rotatable bonds is 7. The van der Waals surface area contributed by atoms with Crippen molar-refractivity contribution in [3.63, 3.8) is 0 Å². The number of hydrogen-bond donors (Lipinski definition) is 2.